The van der Waals surface area contributed by atoms with E-state index in [2.05, 4.69) is 0 Å². The van der Waals surface area contributed by atoms with E-state index in [0.29, 0.717) is 23.2 Å². The van der Waals surface area contributed by atoms with E-state index in [1.807, 2.05) is 50.2 Å². The molecule has 0 amide bonds. The molecule has 0 radical (unpaired) electrons. The number of carbonyl (C=O) groups is 1. The van der Waals surface area contributed by atoms with Crippen LogP contribution in [-0.2, 0) is 11.2 Å². The van der Waals surface area contributed by atoms with Gasteiger partial charge in [0.2, 0.25) is 5.43 Å². The zero-order valence-corrected chi connectivity index (χ0v) is 14.6. The second-order valence-electron chi connectivity index (χ2n) is 5.83. The van der Waals surface area contributed by atoms with E-state index in [4.69, 9.17) is 9.15 Å². The molecule has 0 N–H and O–H groups in total. The quantitative estimate of drug-likeness (QED) is 0.658. The van der Waals surface area contributed by atoms with Crippen LogP contribution in [0, 0.1) is 6.92 Å². The molecule has 0 spiro atoms. The molecule has 3 aromatic rings. The second kappa shape index (κ2) is 6.93. The molecule has 128 valence electrons. The maximum Gasteiger partial charge on any atom is 0.345 e. The van der Waals surface area contributed by atoms with Crippen molar-refractivity contribution in [3.63, 3.8) is 0 Å². The van der Waals surface area contributed by atoms with E-state index in [1.165, 1.54) is 0 Å². The Hall–Kier alpha value is -2.88. The highest BCUT2D eigenvalue weighted by molar-refractivity contribution is 5.95. The minimum absolute atomic E-state index is 0.000264. The maximum atomic E-state index is 13.0. The number of hydrogen-bond donors (Lipinski definition) is 0. The van der Waals surface area contributed by atoms with Gasteiger partial charge in [0, 0.05) is 6.42 Å². The topological polar surface area (TPSA) is 56.5 Å². The van der Waals surface area contributed by atoms with Gasteiger partial charge in [0.05, 0.1) is 12.0 Å². The Morgan fingerprint density at radius 1 is 1.12 bits per heavy atom. The van der Waals surface area contributed by atoms with E-state index in [1.54, 1.807) is 13.0 Å². The van der Waals surface area contributed by atoms with Crippen LogP contribution in [0.2, 0.25) is 0 Å². The highest BCUT2D eigenvalue weighted by Crippen LogP contribution is 2.28. The lowest BCUT2D eigenvalue weighted by molar-refractivity contribution is 0.0520. The van der Waals surface area contributed by atoms with Gasteiger partial charge in [-0.2, -0.15) is 0 Å². The minimum atomic E-state index is -0.628. The summed E-state index contributed by atoms with van der Waals surface area (Å²) >= 11 is 0. The maximum absolute atomic E-state index is 13.0. The van der Waals surface area contributed by atoms with Crippen molar-refractivity contribution in [3.05, 3.63) is 69.6 Å². The highest BCUT2D eigenvalue weighted by atomic mass is 16.5. The zero-order valence-electron chi connectivity index (χ0n) is 14.6. The number of hydrogen-bond acceptors (Lipinski definition) is 4. The molecule has 0 unspecified atom stereocenters. The molecular formula is C21H20O4. The van der Waals surface area contributed by atoms with Gasteiger partial charge in [0.1, 0.15) is 16.9 Å². The van der Waals surface area contributed by atoms with Gasteiger partial charge in [-0.3, -0.25) is 4.79 Å². The molecule has 0 fully saturated rings. The van der Waals surface area contributed by atoms with Gasteiger partial charge in [-0.05, 0) is 42.7 Å². The summed E-state index contributed by atoms with van der Waals surface area (Å²) in [4.78, 5) is 25.2. The Bertz CT molecular complexity index is 984. The SMILES string of the molecule is CCOC(=O)c1c(CC)oc2cc(C)c(-c3ccccc3)cc2c1=O. The largest absolute Gasteiger partial charge is 0.462 e. The third kappa shape index (κ3) is 3.07. The molecule has 0 aliphatic carbocycles. The van der Waals surface area contributed by atoms with E-state index in [0.717, 1.165) is 16.7 Å². The molecule has 25 heavy (non-hydrogen) atoms. The molecule has 0 aliphatic heterocycles. The molecule has 4 nitrogen and oxygen atoms in total. The average molecular weight is 336 g/mol. The summed E-state index contributed by atoms with van der Waals surface area (Å²) < 4.78 is 10.9. The molecule has 4 heteroatoms. The van der Waals surface area contributed by atoms with Crippen LogP contribution in [0.3, 0.4) is 0 Å². The number of ether oxygens (including phenoxy) is 1. The molecule has 0 saturated carbocycles. The Labute approximate surface area is 146 Å². The summed E-state index contributed by atoms with van der Waals surface area (Å²) in [6.45, 7) is 5.75. The summed E-state index contributed by atoms with van der Waals surface area (Å²) in [5.41, 5.74) is 3.12. The van der Waals surface area contributed by atoms with Crippen LogP contribution in [0.5, 0.6) is 0 Å². The summed E-state index contributed by atoms with van der Waals surface area (Å²) in [6.07, 6.45) is 0.443. The molecule has 0 bridgehead atoms. The Morgan fingerprint density at radius 3 is 2.48 bits per heavy atom. The third-order valence-corrected chi connectivity index (χ3v) is 4.20. The number of fused-ring (bicyclic) bond motifs is 1. The van der Waals surface area contributed by atoms with E-state index >= 15 is 0 Å². The number of esters is 1. The molecular weight excluding hydrogens is 316 g/mol. The molecule has 1 heterocycles. The van der Waals surface area contributed by atoms with Crippen molar-refractivity contribution in [2.75, 3.05) is 6.61 Å². The van der Waals surface area contributed by atoms with Crippen molar-refractivity contribution < 1.29 is 13.9 Å². The summed E-state index contributed by atoms with van der Waals surface area (Å²) in [6, 6.07) is 13.5. The van der Waals surface area contributed by atoms with Gasteiger partial charge >= 0.3 is 5.97 Å². The van der Waals surface area contributed by atoms with Crippen LogP contribution < -0.4 is 5.43 Å². The number of carbonyl (C=O) groups excluding carboxylic acids is 1. The molecule has 0 atom stereocenters. The van der Waals surface area contributed by atoms with E-state index in [-0.39, 0.29) is 17.6 Å². The first-order valence-electron chi connectivity index (χ1n) is 8.39. The predicted octanol–water partition coefficient (Wildman–Crippen LogP) is 4.51. The van der Waals surface area contributed by atoms with Gasteiger partial charge in [0.25, 0.3) is 0 Å². The van der Waals surface area contributed by atoms with E-state index in [9.17, 15) is 9.59 Å². The smallest absolute Gasteiger partial charge is 0.345 e. The number of benzene rings is 2. The van der Waals surface area contributed by atoms with Gasteiger partial charge in [-0.1, -0.05) is 37.3 Å². The van der Waals surface area contributed by atoms with Crippen molar-refractivity contribution in [3.8, 4) is 11.1 Å². The predicted molar refractivity (Wildman–Crippen MR) is 98.0 cm³/mol. The summed E-state index contributed by atoms with van der Waals surface area (Å²) in [5.74, 6) is -0.264. The van der Waals surface area contributed by atoms with Crippen molar-refractivity contribution in [1.29, 1.82) is 0 Å². The van der Waals surface area contributed by atoms with E-state index < -0.39 is 5.97 Å². The normalized spacial score (nSPS) is 10.8. The zero-order chi connectivity index (χ0) is 18.0. The Kier molecular flexibility index (Phi) is 4.70. The van der Waals surface area contributed by atoms with Crippen molar-refractivity contribution >= 4 is 16.9 Å². The van der Waals surface area contributed by atoms with Crippen LogP contribution >= 0.6 is 0 Å². The number of aryl methyl sites for hydroxylation is 2. The van der Waals surface area contributed by atoms with Crippen molar-refractivity contribution in [2.45, 2.75) is 27.2 Å². The third-order valence-electron chi connectivity index (χ3n) is 4.20. The Balaban J connectivity index is 2.30. The summed E-state index contributed by atoms with van der Waals surface area (Å²) in [5, 5.41) is 0.393. The van der Waals surface area contributed by atoms with Crippen LogP contribution in [0.25, 0.3) is 22.1 Å². The number of rotatable bonds is 4. The molecule has 0 saturated heterocycles. The van der Waals surface area contributed by atoms with Gasteiger partial charge in [0.15, 0.2) is 0 Å². The fraction of sp³-hybridized carbons (Fsp3) is 0.238. The summed E-state index contributed by atoms with van der Waals surface area (Å²) in [7, 11) is 0. The second-order valence-corrected chi connectivity index (χ2v) is 5.83. The standard InChI is InChI=1S/C21H20O4/c1-4-17-19(21(23)24-5-2)20(22)16-12-15(13(3)11-18(16)25-17)14-9-7-6-8-10-14/h6-12H,4-5H2,1-3H3. The lowest BCUT2D eigenvalue weighted by atomic mass is 9.97. The van der Waals surface area contributed by atoms with Crippen LogP contribution in [0.4, 0.5) is 0 Å². The van der Waals surface area contributed by atoms with Crippen LogP contribution in [-0.4, -0.2) is 12.6 Å². The van der Waals surface area contributed by atoms with Crippen molar-refractivity contribution in [1.82, 2.24) is 0 Å². The fourth-order valence-corrected chi connectivity index (χ4v) is 2.98. The molecule has 3 rings (SSSR count). The van der Waals surface area contributed by atoms with Crippen molar-refractivity contribution in [2.24, 2.45) is 0 Å². The fourth-order valence-electron chi connectivity index (χ4n) is 2.98. The van der Waals surface area contributed by atoms with Crippen LogP contribution in [0.1, 0.15) is 35.5 Å². The first-order valence-corrected chi connectivity index (χ1v) is 8.39. The van der Waals surface area contributed by atoms with Crippen LogP contribution in [0.15, 0.2) is 51.7 Å². The highest BCUT2D eigenvalue weighted by Gasteiger charge is 2.22. The van der Waals surface area contributed by atoms with Gasteiger partial charge in [-0.15, -0.1) is 0 Å². The molecule has 1 aromatic heterocycles. The first kappa shape index (κ1) is 17.0. The first-order chi connectivity index (χ1) is 12.1. The average Bonchev–Trinajstić information content (AvgIpc) is 2.61. The van der Waals surface area contributed by atoms with Gasteiger partial charge < -0.3 is 9.15 Å². The minimum Gasteiger partial charge on any atom is -0.462 e. The lowest BCUT2D eigenvalue weighted by Crippen LogP contribution is -2.20. The Morgan fingerprint density at radius 2 is 1.84 bits per heavy atom. The van der Waals surface area contributed by atoms with Gasteiger partial charge in [-0.25, -0.2) is 4.79 Å². The molecule has 2 aromatic carbocycles. The monoisotopic (exact) mass is 336 g/mol. The molecule has 0 aliphatic rings. The lowest BCUT2D eigenvalue weighted by Gasteiger charge is -2.11.